The van der Waals surface area contributed by atoms with Gasteiger partial charge in [0.2, 0.25) is 5.75 Å². The number of nitro groups is 1. The summed E-state index contributed by atoms with van der Waals surface area (Å²) in [6, 6.07) is 8.72. The van der Waals surface area contributed by atoms with Crippen LogP contribution in [0.2, 0.25) is 5.02 Å². The van der Waals surface area contributed by atoms with Gasteiger partial charge < -0.3 is 4.74 Å². The molecule has 0 aromatic heterocycles. The van der Waals surface area contributed by atoms with Crippen molar-refractivity contribution >= 4 is 33.2 Å². The highest BCUT2D eigenvalue weighted by molar-refractivity contribution is 9.10. The Morgan fingerprint density at radius 2 is 2.00 bits per heavy atom. The van der Waals surface area contributed by atoms with E-state index in [4.69, 9.17) is 16.3 Å². The molecule has 0 bridgehead atoms. The summed E-state index contributed by atoms with van der Waals surface area (Å²) in [5.74, 6) is -0.463. The van der Waals surface area contributed by atoms with Crippen LogP contribution in [0.5, 0.6) is 5.75 Å². The number of halogens is 3. The fourth-order valence-electron chi connectivity index (χ4n) is 1.59. The number of benzene rings is 2. The molecule has 0 heterocycles. The second-order valence-corrected chi connectivity index (χ2v) is 5.05. The van der Waals surface area contributed by atoms with Gasteiger partial charge in [-0.25, -0.2) is 4.39 Å². The molecule has 0 aliphatic heterocycles. The van der Waals surface area contributed by atoms with E-state index in [-0.39, 0.29) is 27.5 Å². The molecule has 104 valence electrons. The van der Waals surface area contributed by atoms with Gasteiger partial charge in [0, 0.05) is 11.6 Å². The first-order valence-corrected chi connectivity index (χ1v) is 6.66. The molecule has 0 saturated heterocycles. The van der Waals surface area contributed by atoms with Gasteiger partial charge in [-0.15, -0.1) is 0 Å². The van der Waals surface area contributed by atoms with E-state index in [1.54, 1.807) is 6.07 Å². The van der Waals surface area contributed by atoms with Gasteiger partial charge >= 0.3 is 5.69 Å². The van der Waals surface area contributed by atoms with E-state index in [0.29, 0.717) is 5.56 Å². The molecule has 0 amide bonds. The molecule has 0 spiro atoms. The van der Waals surface area contributed by atoms with Gasteiger partial charge in [-0.05, 0) is 28.1 Å². The summed E-state index contributed by atoms with van der Waals surface area (Å²) in [6.07, 6.45) is 0. The van der Waals surface area contributed by atoms with Crippen molar-refractivity contribution in [2.45, 2.75) is 6.61 Å². The molecular formula is C13H8BrClFNO3. The van der Waals surface area contributed by atoms with E-state index < -0.39 is 10.7 Å². The van der Waals surface area contributed by atoms with Crippen molar-refractivity contribution in [3.05, 3.63) is 67.4 Å². The van der Waals surface area contributed by atoms with Crippen LogP contribution in [0.15, 0.2) is 40.9 Å². The number of rotatable bonds is 4. The van der Waals surface area contributed by atoms with Crippen LogP contribution in [0, 0.1) is 15.9 Å². The molecule has 4 nitrogen and oxygen atoms in total. The monoisotopic (exact) mass is 359 g/mol. The number of hydrogen-bond donors (Lipinski definition) is 0. The van der Waals surface area contributed by atoms with Gasteiger partial charge in [-0.1, -0.05) is 29.8 Å². The molecule has 0 N–H and O–H groups in total. The van der Waals surface area contributed by atoms with E-state index in [2.05, 4.69) is 15.9 Å². The topological polar surface area (TPSA) is 52.4 Å². The Morgan fingerprint density at radius 1 is 1.30 bits per heavy atom. The lowest BCUT2D eigenvalue weighted by Gasteiger charge is -2.10. The zero-order valence-electron chi connectivity index (χ0n) is 9.98. The summed E-state index contributed by atoms with van der Waals surface area (Å²) in [7, 11) is 0. The second-order valence-electron chi connectivity index (χ2n) is 3.85. The minimum absolute atomic E-state index is 0.0321. The first kappa shape index (κ1) is 14.7. The molecule has 0 aliphatic rings. The Hall–Kier alpha value is -1.66. The smallest absolute Gasteiger partial charge is 0.312 e. The lowest BCUT2D eigenvalue weighted by Crippen LogP contribution is -2.01. The van der Waals surface area contributed by atoms with E-state index in [1.165, 1.54) is 30.3 Å². The van der Waals surface area contributed by atoms with Gasteiger partial charge in [-0.3, -0.25) is 10.1 Å². The van der Waals surface area contributed by atoms with Crippen molar-refractivity contribution in [3.63, 3.8) is 0 Å². The molecule has 0 aliphatic carbocycles. The summed E-state index contributed by atoms with van der Waals surface area (Å²) >= 11 is 8.99. The number of para-hydroxylation sites is 1. The molecule has 7 heteroatoms. The molecule has 2 rings (SSSR count). The normalized spacial score (nSPS) is 10.3. The summed E-state index contributed by atoms with van der Waals surface area (Å²) < 4.78 is 19.0. The van der Waals surface area contributed by atoms with Crippen molar-refractivity contribution in [1.82, 2.24) is 0 Å². The Kier molecular flexibility index (Phi) is 4.57. The Bertz CT molecular complexity index is 666. The molecular weight excluding hydrogens is 353 g/mol. The maximum atomic E-state index is 13.4. The fourth-order valence-corrected chi connectivity index (χ4v) is 2.20. The highest BCUT2D eigenvalue weighted by atomic mass is 79.9. The van der Waals surface area contributed by atoms with E-state index >= 15 is 0 Å². The summed E-state index contributed by atoms with van der Waals surface area (Å²) in [4.78, 5) is 10.3. The van der Waals surface area contributed by atoms with Crippen LogP contribution in [0.1, 0.15) is 5.56 Å². The fraction of sp³-hybridized carbons (Fsp3) is 0.0769. The van der Waals surface area contributed by atoms with Crippen LogP contribution in [-0.4, -0.2) is 4.92 Å². The van der Waals surface area contributed by atoms with E-state index in [0.717, 1.165) is 0 Å². The highest BCUT2D eigenvalue weighted by Crippen LogP contribution is 2.35. The number of ether oxygens (including phenoxy) is 1. The predicted molar refractivity (Wildman–Crippen MR) is 76.5 cm³/mol. The van der Waals surface area contributed by atoms with Crippen LogP contribution >= 0.6 is 27.5 Å². The maximum Gasteiger partial charge on any atom is 0.312 e. The predicted octanol–water partition coefficient (Wildman–Crippen LogP) is 4.73. The summed E-state index contributed by atoms with van der Waals surface area (Å²) in [5.41, 5.74) is 0.296. The first-order valence-electron chi connectivity index (χ1n) is 5.49. The van der Waals surface area contributed by atoms with Gasteiger partial charge in [0.15, 0.2) is 0 Å². The standard InChI is InChI=1S/C13H8BrClFNO3/c14-12-8(3-1-5-10(12)16)7-20-13-9(15)4-2-6-11(13)17(18)19/h1-6H,7H2. The van der Waals surface area contributed by atoms with E-state index in [9.17, 15) is 14.5 Å². The van der Waals surface area contributed by atoms with E-state index in [1.807, 2.05) is 0 Å². The summed E-state index contributed by atoms with van der Waals surface area (Å²) in [5, 5.41) is 11.0. The van der Waals surface area contributed by atoms with Crippen molar-refractivity contribution in [2.75, 3.05) is 0 Å². The summed E-state index contributed by atoms with van der Waals surface area (Å²) in [6.45, 7) is -0.0388. The van der Waals surface area contributed by atoms with Crippen molar-refractivity contribution in [1.29, 1.82) is 0 Å². The van der Waals surface area contributed by atoms with Crippen LogP contribution in [-0.2, 0) is 6.61 Å². The molecule has 0 radical (unpaired) electrons. The Labute approximate surface area is 127 Å². The van der Waals surface area contributed by atoms with Crippen molar-refractivity contribution in [2.24, 2.45) is 0 Å². The van der Waals surface area contributed by atoms with Crippen LogP contribution < -0.4 is 4.74 Å². The quantitative estimate of drug-likeness (QED) is 0.585. The van der Waals surface area contributed by atoms with Crippen LogP contribution in [0.25, 0.3) is 0 Å². The molecule has 0 unspecified atom stereocenters. The number of hydrogen-bond acceptors (Lipinski definition) is 3. The molecule has 0 saturated carbocycles. The van der Waals surface area contributed by atoms with Crippen LogP contribution in [0.3, 0.4) is 0 Å². The average molecular weight is 361 g/mol. The third kappa shape index (κ3) is 3.08. The minimum Gasteiger partial charge on any atom is -0.481 e. The van der Waals surface area contributed by atoms with Gasteiger partial charge in [0.1, 0.15) is 12.4 Å². The van der Waals surface area contributed by atoms with Gasteiger partial charge in [0.25, 0.3) is 0 Å². The number of nitrogens with zero attached hydrogens (tertiary/aromatic N) is 1. The second kappa shape index (κ2) is 6.19. The number of nitro benzene ring substituents is 1. The zero-order chi connectivity index (χ0) is 14.7. The van der Waals surface area contributed by atoms with Gasteiger partial charge in [-0.2, -0.15) is 0 Å². The third-order valence-electron chi connectivity index (χ3n) is 2.55. The molecule has 0 fully saturated rings. The molecule has 0 atom stereocenters. The van der Waals surface area contributed by atoms with Gasteiger partial charge in [0.05, 0.1) is 14.4 Å². The van der Waals surface area contributed by atoms with Crippen molar-refractivity contribution < 1.29 is 14.1 Å². The average Bonchev–Trinajstić information content (AvgIpc) is 2.41. The minimum atomic E-state index is -0.582. The Balaban J connectivity index is 2.27. The zero-order valence-corrected chi connectivity index (χ0v) is 12.3. The SMILES string of the molecule is O=[N+]([O-])c1cccc(Cl)c1OCc1cccc(F)c1Br. The molecule has 2 aromatic rings. The largest absolute Gasteiger partial charge is 0.481 e. The molecule has 2 aromatic carbocycles. The van der Waals surface area contributed by atoms with Crippen LogP contribution in [0.4, 0.5) is 10.1 Å². The molecule has 20 heavy (non-hydrogen) atoms. The van der Waals surface area contributed by atoms with Crippen molar-refractivity contribution in [3.8, 4) is 5.75 Å². The maximum absolute atomic E-state index is 13.4. The third-order valence-corrected chi connectivity index (χ3v) is 3.73. The lowest BCUT2D eigenvalue weighted by atomic mass is 10.2. The highest BCUT2D eigenvalue weighted by Gasteiger charge is 2.18. The first-order chi connectivity index (χ1) is 9.50. The Morgan fingerprint density at radius 3 is 2.70 bits per heavy atom. The lowest BCUT2D eigenvalue weighted by molar-refractivity contribution is -0.385.